The molecule has 1 aliphatic heterocycles. The fraction of sp³-hybridized carbons (Fsp3) is 0.562. The van der Waals surface area contributed by atoms with E-state index in [0.29, 0.717) is 6.54 Å². The van der Waals surface area contributed by atoms with Crippen molar-refractivity contribution in [2.75, 3.05) is 26.7 Å². The van der Waals surface area contributed by atoms with Gasteiger partial charge in [-0.25, -0.2) is 0 Å². The molecule has 1 amide bonds. The molecule has 0 bridgehead atoms. The number of amides is 1. The number of aliphatic hydroxyl groups excluding tert-OH is 1. The third kappa shape index (κ3) is 3.81. The fourth-order valence-electron chi connectivity index (χ4n) is 2.55. The molecule has 2 rings (SSSR count). The Kier molecular flexibility index (Phi) is 5.15. The van der Waals surface area contributed by atoms with Crippen LogP contribution in [0, 0.1) is 0 Å². The summed E-state index contributed by atoms with van der Waals surface area (Å²) >= 11 is 0. The van der Waals surface area contributed by atoms with E-state index in [1.807, 2.05) is 44.3 Å². The summed E-state index contributed by atoms with van der Waals surface area (Å²) in [6.45, 7) is 4.11. The average Bonchev–Trinajstić information content (AvgIpc) is 2.49. The van der Waals surface area contributed by atoms with Crippen LogP contribution in [0.3, 0.4) is 0 Å². The van der Waals surface area contributed by atoms with Crippen LogP contribution >= 0.6 is 0 Å². The summed E-state index contributed by atoms with van der Waals surface area (Å²) in [6.07, 6.45) is 1.35. The van der Waals surface area contributed by atoms with E-state index in [0.717, 1.165) is 31.5 Å². The van der Waals surface area contributed by atoms with Crippen molar-refractivity contribution in [2.45, 2.75) is 31.9 Å². The molecule has 1 heterocycles. The highest BCUT2D eigenvalue weighted by Gasteiger charge is 2.22. The van der Waals surface area contributed by atoms with Gasteiger partial charge >= 0.3 is 0 Å². The van der Waals surface area contributed by atoms with Crippen molar-refractivity contribution >= 4 is 5.91 Å². The van der Waals surface area contributed by atoms with Gasteiger partial charge in [-0.2, -0.15) is 0 Å². The number of benzene rings is 1. The maximum Gasteiger partial charge on any atom is 0.236 e. The molecular weight excluding hydrogens is 252 g/mol. The van der Waals surface area contributed by atoms with Gasteiger partial charge in [0, 0.05) is 20.1 Å². The van der Waals surface area contributed by atoms with Gasteiger partial charge in [0.05, 0.1) is 18.7 Å². The van der Waals surface area contributed by atoms with Crippen molar-refractivity contribution in [1.29, 1.82) is 0 Å². The molecule has 20 heavy (non-hydrogen) atoms. The van der Waals surface area contributed by atoms with Crippen molar-refractivity contribution in [3.8, 4) is 0 Å². The first-order valence-corrected chi connectivity index (χ1v) is 7.29. The van der Waals surface area contributed by atoms with Gasteiger partial charge in [-0.1, -0.05) is 30.3 Å². The van der Waals surface area contributed by atoms with Crippen molar-refractivity contribution in [1.82, 2.24) is 9.80 Å². The minimum absolute atomic E-state index is 0.0825. The molecule has 1 saturated heterocycles. The van der Waals surface area contributed by atoms with E-state index >= 15 is 0 Å². The van der Waals surface area contributed by atoms with Crippen molar-refractivity contribution in [2.24, 2.45) is 0 Å². The quantitative estimate of drug-likeness (QED) is 0.909. The first-order chi connectivity index (χ1) is 9.58. The SMILES string of the molecule is CC(c1ccccc1)N(C)C(=O)CN1CCC(O)CC1. The van der Waals surface area contributed by atoms with E-state index in [2.05, 4.69) is 4.90 Å². The zero-order valence-corrected chi connectivity index (χ0v) is 12.3. The summed E-state index contributed by atoms with van der Waals surface area (Å²) in [6, 6.07) is 10.2. The second-order valence-electron chi connectivity index (χ2n) is 5.60. The molecule has 110 valence electrons. The number of rotatable bonds is 4. The van der Waals surface area contributed by atoms with Gasteiger partial charge in [0.25, 0.3) is 0 Å². The lowest BCUT2D eigenvalue weighted by Crippen LogP contribution is -2.43. The molecule has 0 aliphatic carbocycles. The van der Waals surface area contributed by atoms with Crippen LogP contribution in [-0.2, 0) is 4.79 Å². The zero-order valence-electron chi connectivity index (χ0n) is 12.3. The Morgan fingerprint density at radius 2 is 1.95 bits per heavy atom. The molecule has 1 aromatic rings. The lowest BCUT2D eigenvalue weighted by atomic mass is 10.1. The minimum atomic E-state index is -0.192. The summed E-state index contributed by atoms with van der Waals surface area (Å²) in [5.41, 5.74) is 1.15. The normalized spacial score (nSPS) is 18.8. The van der Waals surface area contributed by atoms with Gasteiger partial charge in [-0.15, -0.1) is 0 Å². The summed E-state index contributed by atoms with van der Waals surface area (Å²) in [5.74, 6) is 0.137. The van der Waals surface area contributed by atoms with Crippen molar-refractivity contribution < 1.29 is 9.90 Å². The highest BCUT2D eigenvalue weighted by atomic mass is 16.3. The molecule has 1 aromatic carbocycles. The lowest BCUT2D eigenvalue weighted by molar-refractivity contribution is -0.133. The van der Waals surface area contributed by atoms with E-state index in [1.54, 1.807) is 4.90 Å². The van der Waals surface area contributed by atoms with Crippen LogP contribution in [0.1, 0.15) is 31.4 Å². The number of aliphatic hydroxyl groups is 1. The summed E-state index contributed by atoms with van der Waals surface area (Å²) in [5, 5.41) is 9.49. The van der Waals surface area contributed by atoms with Gasteiger partial charge in [-0.05, 0) is 25.3 Å². The number of likely N-dealkylation sites (N-methyl/N-ethyl adjacent to an activating group) is 1. The molecule has 0 saturated carbocycles. The summed E-state index contributed by atoms with van der Waals surface area (Å²) < 4.78 is 0. The Bertz CT molecular complexity index is 427. The zero-order chi connectivity index (χ0) is 14.5. The first-order valence-electron chi connectivity index (χ1n) is 7.29. The Morgan fingerprint density at radius 1 is 1.35 bits per heavy atom. The van der Waals surface area contributed by atoms with Gasteiger partial charge in [-0.3, -0.25) is 9.69 Å². The van der Waals surface area contributed by atoms with Crippen LogP contribution in [0.2, 0.25) is 0 Å². The number of likely N-dealkylation sites (tertiary alicyclic amines) is 1. The van der Waals surface area contributed by atoms with Crippen LogP contribution in [0.25, 0.3) is 0 Å². The number of hydrogen-bond donors (Lipinski definition) is 1. The minimum Gasteiger partial charge on any atom is -0.393 e. The highest BCUT2D eigenvalue weighted by molar-refractivity contribution is 5.78. The van der Waals surface area contributed by atoms with Crippen molar-refractivity contribution in [3.05, 3.63) is 35.9 Å². The predicted molar refractivity (Wildman–Crippen MR) is 79.3 cm³/mol. The third-order valence-corrected chi connectivity index (χ3v) is 4.17. The number of nitrogens with zero attached hydrogens (tertiary/aromatic N) is 2. The molecule has 1 N–H and O–H groups in total. The van der Waals surface area contributed by atoms with Crippen LogP contribution in [-0.4, -0.2) is 53.6 Å². The highest BCUT2D eigenvalue weighted by Crippen LogP contribution is 2.19. The Labute approximate surface area is 121 Å². The molecule has 1 aliphatic rings. The van der Waals surface area contributed by atoms with Crippen LogP contribution < -0.4 is 0 Å². The number of carbonyl (C=O) groups is 1. The monoisotopic (exact) mass is 276 g/mol. The summed E-state index contributed by atoms with van der Waals surface area (Å²) in [4.78, 5) is 16.3. The molecule has 4 nitrogen and oxygen atoms in total. The maximum absolute atomic E-state index is 12.3. The van der Waals surface area contributed by atoms with Crippen LogP contribution in [0.5, 0.6) is 0 Å². The van der Waals surface area contributed by atoms with Gasteiger partial charge < -0.3 is 10.0 Å². The molecule has 1 atom stereocenters. The summed E-state index contributed by atoms with van der Waals surface area (Å²) in [7, 11) is 1.86. The largest absolute Gasteiger partial charge is 0.393 e. The van der Waals surface area contributed by atoms with E-state index in [9.17, 15) is 9.90 Å². The fourth-order valence-corrected chi connectivity index (χ4v) is 2.55. The second kappa shape index (κ2) is 6.86. The topological polar surface area (TPSA) is 43.8 Å². The number of hydrogen-bond acceptors (Lipinski definition) is 3. The molecule has 0 aromatic heterocycles. The maximum atomic E-state index is 12.3. The van der Waals surface area contributed by atoms with Gasteiger partial charge in [0.1, 0.15) is 0 Å². The van der Waals surface area contributed by atoms with Crippen molar-refractivity contribution in [3.63, 3.8) is 0 Å². The molecule has 4 heteroatoms. The van der Waals surface area contributed by atoms with Crippen LogP contribution in [0.4, 0.5) is 0 Å². The number of carbonyl (C=O) groups excluding carboxylic acids is 1. The molecular formula is C16H24N2O2. The first kappa shape index (κ1) is 15.0. The Balaban J connectivity index is 1.88. The Morgan fingerprint density at radius 3 is 2.55 bits per heavy atom. The predicted octanol–water partition coefficient (Wildman–Crippen LogP) is 1.66. The van der Waals surface area contributed by atoms with Gasteiger partial charge in [0.2, 0.25) is 5.91 Å². The molecule has 1 unspecified atom stereocenters. The number of piperidine rings is 1. The average molecular weight is 276 g/mol. The third-order valence-electron chi connectivity index (χ3n) is 4.17. The smallest absolute Gasteiger partial charge is 0.236 e. The van der Waals surface area contributed by atoms with E-state index in [-0.39, 0.29) is 18.1 Å². The molecule has 1 fully saturated rings. The standard InChI is InChI=1S/C16H24N2O2/c1-13(14-6-4-3-5-7-14)17(2)16(20)12-18-10-8-15(19)9-11-18/h3-7,13,15,19H,8-12H2,1-2H3. The van der Waals surface area contributed by atoms with E-state index in [1.165, 1.54) is 0 Å². The Hall–Kier alpha value is -1.39. The molecule has 0 spiro atoms. The molecule has 0 radical (unpaired) electrons. The van der Waals surface area contributed by atoms with Gasteiger partial charge in [0.15, 0.2) is 0 Å². The lowest BCUT2D eigenvalue weighted by Gasteiger charge is -2.32. The van der Waals surface area contributed by atoms with E-state index < -0.39 is 0 Å². The van der Waals surface area contributed by atoms with E-state index in [4.69, 9.17) is 0 Å². The second-order valence-corrected chi connectivity index (χ2v) is 5.60. The van der Waals surface area contributed by atoms with Crippen LogP contribution in [0.15, 0.2) is 30.3 Å².